The highest BCUT2D eigenvalue weighted by molar-refractivity contribution is 6.41. The first-order valence-corrected chi connectivity index (χ1v) is 5.66. The number of rotatable bonds is 2. The zero-order valence-corrected chi connectivity index (χ0v) is 10.6. The molecule has 0 radical (unpaired) electrons. The van der Waals surface area contributed by atoms with Crippen molar-refractivity contribution >= 4 is 46.5 Å². The summed E-state index contributed by atoms with van der Waals surface area (Å²) in [6.07, 6.45) is 1.49. The summed E-state index contributed by atoms with van der Waals surface area (Å²) in [4.78, 5) is 18.3. The fourth-order valence-corrected chi connectivity index (χ4v) is 1.66. The van der Waals surface area contributed by atoms with Crippen molar-refractivity contribution in [2.75, 3.05) is 5.32 Å². The summed E-state index contributed by atoms with van der Waals surface area (Å²) in [6.45, 7) is 0. The van der Waals surface area contributed by atoms with E-state index in [1.807, 2.05) is 0 Å². The number of carbonyl (C=O) groups is 1. The van der Waals surface area contributed by atoms with Gasteiger partial charge in [0.2, 0.25) is 0 Å². The second-order valence-corrected chi connectivity index (χ2v) is 4.38. The fourth-order valence-electron chi connectivity index (χ4n) is 1.18. The molecule has 0 saturated heterocycles. The molecule has 0 atom stereocenters. The summed E-state index contributed by atoms with van der Waals surface area (Å²) in [6, 6.07) is 4.58. The van der Waals surface area contributed by atoms with E-state index in [1.165, 1.54) is 18.3 Å². The first-order valence-electron chi connectivity index (χ1n) is 4.53. The van der Waals surface area contributed by atoms with Crippen LogP contribution in [-0.4, -0.2) is 15.9 Å². The number of nitrogens with one attached hydrogen (secondary N) is 2. The number of anilines is 1. The Morgan fingerprint density at radius 3 is 2.65 bits per heavy atom. The van der Waals surface area contributed by atoms with Gasteiger partial charge in [-0.2, -0.15) is 0 Å². The first kappa shape index (κ1) is 12.2. The molecule has 88 valence electrons. The van der Waals surface area contributed by atoms with Crippen molar-refractivity contribution in [3.63, 3.8) is 0 Å². The fraction of sp³-hybridized carbons (Fsp3) is 0. The van der Waals surface area contributed by atoms with Gasteiger partial charge < -0.3 is 10.3 Å². The Balaban J connectivity index is 2.17. The predicted molar refractivity (Wildman–Crippen MR) is 68.0 cm³/mol. The summed E-state index contributed by atoms with van der Waals surface area (Å²) < 4.78 is 0. The van der Waals surface area contributed by atoms with Crippen molar-refractivity contribution < 1.29 is 4.79 Å². The van der Waals surface area contributed by atoms with E-state index in [0.29, 0.717) is 10.8 Å². The largest absolute Gasteiger partial charge is 0.340 e. The van der Waals surface area contributed by atoms with Crippen LogP contribution in [-0.2, 0) is 0 Å². The number of hydrogen-bond donors (Lipinski definition) is 2. The van der Waals surface area contributed by atoms with Crippen molar-refractivity contribution in [1.29, 1.82) is 0 Å². The van der Waals surface area contributed by atoms with Crippen LogP contribution >= 0.6 is 34.8 Å². The molecule has 2 heterocycles. The molecule has 0 aliphatic carbocycles. The van der Waals surface area contributed by atoms with Gasteiger partial charge in [-0.05, 0) is 18.2 Å². The average Bonchev–Trinajstić information content (AvgIpc) is 2.59. The van der Waals surface area contributed by atoms with E-state index in [1.54, 1.807) is 6.07 Å². The van der Waals surface area contributed by atoms with Crippen molar-refractivity contribution in [2.24, 2.45) is 0 Å². The summed E-state index contributed by atoms with van der Waals surface area (Å²) in [5, 5.41) is 3.55. The number of H-pyrrole nitrogens is 1. The van der Waals surface area contributed by atoms with E-state index >= 15 is 0 Å². The molecule has 2 N–H and O–H groups in total. The standard InChI is InChI=1S/C10H6Cl3N3O/c11-5-1-2-14-8(3-5)16-10(17)7-4-6(12)9(13)15-7/h1-4,15H,(H,14,16,17). The molecule has 0 spiro atoms. The molecule has 7 heteroatoms. The van der Waals surface area contributed by atoms with E-state index in [2.05, 4.69) is 15.3 Å². The van der Waals surface area contributed by atoms with Gasteiger partial charge >= 0.3 is 0 Å². The summed E-state index contributed by atoms with van der Waals surface area (Å²) in [7, 11) is 0. The number of carbonyl (C=O) groups excluding carboxylic acids is 1. The van der Waals surface area contributed by atoms with Gasteiger partial charge in [0.15, 0.2) is 0 Å². The van der Waals surface area contributed by atoms with Crippen LogP contribution in [0.15, 0.2) is 24.4 Å². The minimum atomic E-state index is -0.395. The lowest BCUT2D eigenvalue weighted by atomic mass is 10.4. The lowest BCUT2D eigenvalue weighted by Crippen LogP contribution is -2.13. The Morgan fingerprint density at radius 1 is 1.29 bits per heavy atom. The Bertz CT molecular complexity index is 548. The molecular formula is C10H6Cl3N3O. The van der Waals surface area contributed by atoms with Crippen molar-refractivity contribution in [1.82, 2.24) is 9.97 Å². The molecule has 2 aromatic rings. The van der Waals surface area contributed by atoms with Crippen molar-refractivity contribution in [3.8, 4) is 0 Å². The minimum absolute atomic E-state index is 0.218. The van der Waals surface area contributed by atoms with Crippen LogP contribution in [0.5, 0.6) is 0 Å². The molecule has 0 unspecified atom stereocenters. The maximum absolute atomic E-state index is 11.7. The Labute approximate surface area is 112 Å². The van der Waals surface area contributed by atoms with Crippen LogP contribution in [0, 0.1) is 0 Å². The first-order chi connectivity index (χ1) is 8.06. The number of nitrogens with zero attached hydrogens (tertiary/aromatic N) is 1. The summed E-state index contributed by atoms with van der Waals surface area (Å²) >= 11 is 17.2. The molecule has 4 nitrogen and oxygen atoms in total. The molecule has 0 aliphatic heterocycles. The summed E-state index contributed by atoms with van der Waals surface area (Å²) in [5.41, 5.74) is 0.252. The normalized spacial score (nSPS) is 10.3. The Morgan fingerprint density at radius 2 is 2.06 bits per heavy atom. The maximum Gasteiger partial charge on any atom is 0.273 e. The third-order valence-electron chi connectivity index (χ3n) is 1.93. The third-order valence-corrected chi connectivity index (χ3v) is 2.86. The predicted octanol–water partition coefficient (Wildman–Crippen LogP) is 3.62. The smallest absolute Gasteiger partial charge is 0.273 e. The Hall–Kier alpha value is -1.23. The summed E-state index contributed by atoms with van der Waals surface area (Å²) in [5.74, 6) is -0.0436. The van der Waals surface area contributed by atoms with E-state index in [0.717, 1.165) is 0 Å². The second-order valence-electron chi connectivity index (χ2n) is 3.16. The highest BCUT2D eigenvalue weighted by Crippen LogP contribution is 2.22. The highest BCUT2D eigenvalue weighted by atomic mass is 35.5. The van der Waals surface area contributed by atoms with Gasteiger partial charge in [0, 0.05) is 11.2 Å². The highest BCUT2D eigenvalue weighted by Gasteiger charge is 2.12. The van der Waals surface area contributed by atoms with Crippen LogP contribution in [0.3, 0.4) is 0 Å². The molecule has 0 saturated carbocycles. The number of halogens is 3. The Kier molecular flexibility index (Phi) is 3.57. The van der Waals surface area contributed by atoms with Crippen molar-refractivity contribution in [2.45, 2.75) is 0 Å². The zero-order chi connectivity index (χ0) is 12.4. The average molecular weight is 291 g/mol. The van der Waals surface area contributed by atoms with Gasteiger partial charge in [-0.3, -0.25) is 4.79 Å². The third kappa shape index (κ3) is 2.91. The number of pyridine rings is 1. The number of amides is 1. The van der Waals surface area contributed by atoms with Crippen LogP contribution in [0.25, 0.3) is 0 Å². The van der Waals surface area contributed by atoms with Gasteiger partial charge in [0.1, 0.15) is 16.7 Å². The molecule has 0 bridgehead atoms. The van der Waals surface area contributed by atoms with E-state index in [4.69, 9.17) is 34.8 Å². The monoisotopic (exact) mass is 289 g/mol. The molecule has 0 aromatic carbocycles. The molecule has 2 aromatic heterocycles. The van der Waals surface area contributed by atoms with Crippen LogP contribution in [0.1, 0.15) is 10.5 Å². The van der Waals surface area contributed by atoms with Gasteiger partial charge in [0.05, 0.1) is 5.02 Å². The van der Waals surface area contributed by atoms with Crippen molar-refractivity contribution in [3.05, 3.63) is 45.3 Å². The molecular weight excluding hydrogens is 284 g/mol. The lowest BCUT2D eigenvalue weighted by Gasteiger charge is -2.02. The van der Waals surface area contributed by atoms with Crippen LogP contribution in [0.4, 0.5) is 5.82 Å². The van der Waals surface area contributed by atoms with Gasteiger partial charge in [-0.1, -0.05) is 34.8 Å². The zero-order valence-electron chi connectivity index (χ0n) is 8.30. The quantitative estimate of drug-likeness (QED) is 0.887. The van der Waals surface area contributed by atoms with Gasteiger partial charge in [-0.15, -0.1) is 0 Å². The molecule has 0 fully saturated rings. The van der Waals surface area contributed by atoms with Crippen LogP contribution < -0.4 is 5.32 Å². The molecule has 2 rings (SSSR count). The number of aromatic amines is 1. The number of hydrogen-bond acceptors (Lipinski definition) is 2. The SMILES string of the molecule is O=C(Nc1cc(Cl)ccn1)c1cc(Cl)c(Cl)[nH]1. The lowest BCUT2D eigenvalue weighted by molar-refractivity contribution is 0.102. The minimum Gasteiger partial charge on any atom is -0.340 e. The van der Waals surface area contributed by atoms with Gasteiger partial charge in [0.25, 0.3) is 5.91 Å². The topological polar surface area (TPSA) is 57.8 Å². The van der Waals surface area contributed by atoms with Gasteiger partial charge in [-0.25, -0.2) is 4.98 Å². The number of aromatic nitrogens is 2. The second kappa shape index (κ2) is 4.96. The van der Waals surface area contributed by atoms with E-state index < -0.39 is 5.91 Å². The molecule has 1 amide bonds. The molecule has 0 aliphatic rings. The van der Waals surface area contributed by atoms with E-state index in [9.17, 15) is 4.79 Å². The van der Waals surface area contributed by atoms with E-state index in [-0.39, 0.29) is 15.9 Å². The molecule has 17 heavy (non-hydrogen) atoms. The maximum atomic E-state index is 11.7. The van der Waals surface area contributed by atoms with Crippen LogP contribution in [0.2, 0.25) is 15.2 Å².